The summed E-state index contributed by atoms with van der Waals surface area (Å²) in [5.74, 6) is 0. The van der Waals surface area contributed by atoms with Gasteiger partial charge in [-0.3, -0.25) is 4.79 Å². The highest BCUT2D eigenvalue weighted by Gasteiger charge is 2.00. The topological polar surface area (TPSA) is 56.6 Å². The first kappa shape index (κ1) is 6.84. The highest BCUT2D eigenvalue weighted by molar-refractivity contribution is 6.31. The second-order valence-electron chi connectivity index (χ2n) is 1.65. The molecule has 50 valence electrons. The number of hydrogen-bond donors (Lipinski definition) is 1. The Morgan fingerprint density at radius 2 is 2.40 bits per heavy atom. The van der Waals surface area contributed by atoms with Crippen LogP contribution in [-0.4, -0.2) is 4.98 Å². The molecule has 0 unspecified atom stereocenters. The van der Waals surface area contributed by atoms with E-state index < -0.39 is 5.56 Å². The van der Waals surface area contributed by atoms with Gasteiger partial charge in [0.15, 0.2) is 0 Å². The molecule has 0 radical (unpaired) electrons. The number of pyridine rings is 1. The Morgan fingerprint density at radius 3 is 2.90 bits per heavy atom. The number of rotatable bonds is 0. The van der Waals surface area contributed by atoms with Gasteiger partial charge in [-0.1, -0.05) is 11.6 Å². The molecule has 4 heteroatoms. The molecule has 0 aliphatic heterocycles. The molecule has 10 heavy (non-hydrogen) atoms. The van der Waals surface area contributed by atoms with Crippen LogP contribution in [-0.2, 0) is 0 Å². The van der Waals surface area contributed by atoms with Crippen LogP contribution in [0.1, 0.15) is 5.56 Å². The second kappa shape index (κ2) is 2.54. The molecule has 0 atom stereocenters. The molecular weight excluding hydrogens is 152 g/mol. The van der Waals surface area contributed by atoms with Crippen molar-refractivity contribution < 1.29 is 0 Å². The lowest BCUT2D eigenvalue weighted by molar-refractivity contribution is 1.23. The van der Waals surface area contributed by atoms with Gasteiger partial charge in [-0.15, -0.1) is 0 Å². The molecule has 1 rings (SSSR count). The molecule has 0 aliphatic rings. The first-order valence-corrected chi connectivity index (χ1v) is 2.91. The quantitative estimate of drug-likeness (QED) is 0.604. The molecule has 1 aromatic heterocycles. The zero-order chi connectivity index (χ0) is 7.56. The van der Waals surface area contributed by atoms with E-state index in [9.17, 15) is 4.79 Å². The normalized spacial score (nSPS) is 8.80. The maximum Gasteiger partial charge on any atom is 0.268 e. The van der Waals surface area contributed by atoms with E-state index in [0.29, 0.717) is 0 Å². The highest BCUT2D eigenvalue weighted by atomic mass is 35.5. The smallest absolute Gasteiger partial charge is 0.268 e. The van der Waals surface area contributed by atoms with Crippen molar-refractivity contribution in [2.45, 2.75) is 0 Å². The third kappa shape index (κ3) is 1.02. The molecule has 0 saturated carbocycles. The summed E-state index contributed by atoms with van der Waals surface area (Å²) in [5, 5.41) is 8.30. The first-order chi connectivity index (χ1) is 4.75. The SMILES string of the molecule is N#Cc1cc[nH]c(=O)c1Cl. The van der Waals surface area contributed by atoms with Crippen LogP contribution in [0.4, 0.5) is 0 Å². The number of nitriles is 1. The van der Waals surface area contributed by atoms with Crippen LogP contribution in [0.15, 0.2) is 17.1 Å². The molecule has 0 amide bonds. The predicted molar refractivity (Wildman–Crippen MR) is 36.8 cm³/mol. The number of halogens is 1. The van der Waals surface area contributed by atoms with Crippen LogP contribution in [0.3, 0.4) is 0 Å². The lowest BCUT2D eigenvalue weighted by atomic mass is 10.3. The van der Waals surface area contributed by atoms with Crippen LogP contribution in [0.25, 0.3) is 0 Å². The maximum atomic E-state index is 10.7. The summed E-state index contributed by atoms with van der Waals surface area (Å²) >= 11 is 5.43. The fraction of sp³-hybridized carbons (Fsp3) is 0. The first-order valence-electron chi connectivity index (χ1n) is 2.53. The van der Waals surface area contributed by atoms with E-state index in [4.69, 9.17) is 16.9 Å². The van der Waals surface area contributed by atoms with Gasteiger partial charge in [0.1, 0.15) is 11.1 Å². The third-order valence-electron chi connectivity index (χ3n) is 1.02. The molecule has 0 aliphatic carbocycles. The fourth-order valence-corrected chi connectivity index (χ4v) is 0.706. The number of aromatic nitrogens is 1. The molecule has 1 N–H and O–H groups in total. The summed E-state index contributed by atoms with van der Waals surface area (Å²) in [6, 6.07) is 3.23. The van der Waals surface area contributed by atoms with Crippen molar-refractivity contribution >= 4 is 11.6 Å². The van der Waals surface area contributed by atoms with Gasteiger partial charge < -0.3 is 4.98 Å². The number of aromatic amines is 1. The van der Waals surface area contributed by atoms with E-state index >= 15 is 0 Å². The Bertz CT molecular complexity index is 336. The van der Waals surface area contributed by atoms with Gasteiger partial charge in [-0.25, -0.2) is 0 Å². The Hall–Kier alpha value is -1.27. The summed E-state index contributed by atoms with van der Waals surface area (Å²) in [5.41, 5.74) is -0.230. The van der Waals surface area contributed by atoms with E-state index in [2.05, 4.69) is 4.98 Å². The van der Waals surface area contributed by atoms with E-state index in [1.165, 1.54) is 12.3 Å². The fourth-order valence-electron chi connectivity index (χ4n) is 0.546. The minimum atomic E-state index is -0.430. The summed E-state index contributed by atoms with van der Waals surface area (Å²) in [6.45, 7) is 0. The number of H-pyrrole nitrogens is 1. The molecule has 0 fully saturated rings. The molecular formula is C6H3ClN2O. The Kier molecular flexibility index (Phi) is 1.74. The van der Waals surface area contributed by atoms with Crippen molar-refractivity contribution in [2.24, 2.45) is 0 Å². The Labute approximate surface area is 61.9 Å². The van der Waals surface area contributed by atoms with Crippen molar-refractivity contribution in [3.05, 3.63) is 33.2 Å². The molecule has 1 aromatic rings. The molecule has 0 aromatic carbocycles. The second-order valence-corrected chi connectivity index (χ2v) is 2.02. The van der Waals surface area contributed by atoms with Crippen molar-refractivity contribution in [3.63, 3.8) is 0 Å². The minimum Gasteiger partial charge on any atom is -0.328 e. The van der Waals surface area contributed by atoms with E-state index in [-0.39, 0.29) is 10.6 Å². The Morgan fingerprint density at radius 1 is 1.70 bits per heavy atom. The van der Waals surface area contributed by atoms with Crippen molar-refractivity contribution in [2.75, 3.05) is 0 Å². The van der Waals surface area contributed by atoms with Gasteiger partial charge in [0, 0.05) is 6.20 Å². The molecule has 0 spiro atoms. The molecule has 0 bridgehead atoms. The summed E-state index contributed by atoms with van der Waals surface area (Å²) in [7, 11) is 0. The summed E-state index contributed by atoms with van der Waals surface area (Å²) in [4.78, 5) is 13.0. The van der Waals surface area contributed by atoms with Gasteiger partial charge in [-0.2, -0.15) is 5.26 Å². The highest BCUT2D eigenvalue weighted by Crippen LogP contribution is 2.05. The Balaban J connectivity index is 3.46. The van der Waals surface area contributed by atoms with E-state index in [1.54, 1.807) is 6.07 Å². The monoisotopic (exact) mass is 154 g/mol. The van der Waals surface area contributed by atoms with Gasteiger partial charge in [0.05, 0.1) is 5.56 Å². The average molecular weight is 155 g/mol. The average Bonchev–Trinajstić information content (AvgIpc) is 1.95. The van der Waals surface area contributed by atoms with Gasteiger partial charge in [0.2, 0.25) is 0 Å². The molecule has 1 heterocycles. The molecule has 3 nitrogen and oxygen atoms in total. The van der Waals surface area contributed by atoms with Crippen LogP contribution in [0.5, 0.6) is 0 Å². The summed E-state index contributed by atoms with van der Waals surface area (Å²) in [6.07, 6.45) is 1.38. The van der Waals surface area contributed by atoms with Crippen molar-refractivity contribution in [1.82, 2.24) is 4.98 Å². The van der Waals surface area contributed by atoms with E-state index in [0.717, 1.165) is 0 Å². The largest absolute Gasteiger partial charge is 0.328 e. The van der Waals surface area contributed by atoms with Gasteiger partial charge in [-0.05, 0) is 6.07 Å². The lowest BCUT2D eigenvalue weighted by Gasteiger charge is -1.88. The zero-order valence-electron chi connectivity index (χ0n) is 4.89. The van der Waals surface area contributed by atoms with Crippen LogP contribution in [0.2, 0.25) is 5.02 Å². The standard InChI is InChI=1S/C6H3ClN2O/c7-5-4(3-8)1-2-9-6(5)10/h1-2H,(H,9,10). The van der Waals surface area contributed by atoms with Gasteiger partial charge in [0.25, 0.3) is 5.56 Å². The third-order valence-corrected chi connectivity index (χ3v) is 1.40. The summed E-state index contributed by atoms with van der Waals surface area (Å²) < 4.78 is 0. The van der Waals surface area contributed by atoms with E-state index in [1.807, 2.05) is 0 Å². The minimum absolute atomic E-state index is 0.0509. The van der Waals surface area contributed by atoms with Crippen LogP contribution in [0, 0.1) is 11.3 Å². The number of nitrogens with one attached hydrogen (secondary N) is 1. The van der Waals surface area contributed by atoms with Crippen molar-refractivity contribution in [1.29, 1.82) is 5.26 Å². The van der Waals surface area contributed by atoms with Crippen LogP contribution >= 0.6 is 11.6 Å². The van der Waals surface area contributed by atoms with Gasteiger partial charge >= 0.3 is 0 Å². The maximum absolute atomic E-state index is 10.7. The van der Waals surface area contributed by atoms with Crippen LogP contribution < -0.4 is 5.56 Å². The zero-order valence-corrected chi connectivity index (χ0v) is 5.64. The molecule has 0 saturated heterocycles. The number of hydrogen-bond acceptors (Lipinski definition) is 2. The predicted octanol–water partition coefficient (Wildman–Crippen LogP) is 0.900. The number of nitrogens with zero attached hydrogens (tertiary/aromatic N) is 1. The lowest BCUT2D eigenvalue weighted by Crippen LogP contribution is -2.05. The van der Waals surface area contributed by atoms with Crippen molar-refractivity contribution in [3.8, 4) is 6.07 Å².